The number of amides is 5. The molecular weight excluding hydrogens is 1050 g/mol. The monoisotopic (exact) mass is 1130 g/mol. The summed E-state index contributed by atoms with van der Waals surface area (Å²) in [6.07, 6.45) is 10.8. The molecular formula is C60H80ClN15O5. The number of nitrogens with one attached hydrogen (secondary N) is 4. The van der Waals surface area contributed by atoms with E-state index in [1.807, 2.05) is 71.6 Å². The van der Waals surface area contributed by atoms with Gasteiger partial charge in [0, 0.05) is 135 Å². The number of pyridine rings is 1. The third kappa shape index (κ3) is 14.6. The number of rotatable bonds is 19. The van der Waals surface area contributed by atoms with Gasteiger partial charge in [0.25, 0.3) is 5.91 Å². The summed E-state index contributed by atoms with van der Waals surface area (Å²) in [5, 5.41) is 11.2. The van der Waals surface area contributed by atoms with Crippen molar-refractivity contribution < 1.29 is 24.0 Å². The molecule has 3 aromatic heterocycles. The summed E-state index contributed by atoms with van der Waals surface area (Å²) in [5.74, 6) is 1.15. The number of aryl methyl sites for hydroxylation is 1. The molecule has 20 nitrogen and oxygen atoms in total. The van der Waals surface area contributed by atoms with Crippen molar-refractivity contribution >= 4 is 63.7 Å². The third-order valence-electron chi connectivity index (χ3n) is 17.5. The normalized spacial score (nSPS) is 20.1. The van der Waals surface area contributed by atoms with Crippen LogP contribution < -0.4 is 26.6 Å². The maximum atomic E-state index is 14.2. The van der Waals surface area contributed by atoms with Gasteiger partial charge in [-0.05, 0) is 104 Å². The van der Waals surface area contributed by atoms with Gasteiger partial charge < -0.3 is 51.2 Å². The predicted molar refractivity (Wildman–Crippen MR) is 315 cm³/mol. The number of carbonyl (C=O) groups is 5. The van der Waals surface area contributed by atoms with Gasteiger partial charge in [-0.15, -0.1) is 0 Å². The van der Waals surface area contributed by atoms with Crippen LogP contribution in [0.25, 0.3) is 22.2 Å². The number of likely N-dealkylation sites (tertiary alicyclic amines) is 2. The Bertz CT molecular complexity index is 2980. The zero-order valence-corrected chi connectivity index (χ0v) is 47.8. The standard InChI is InChI=1S/C60H80ClN15O5/c1-3-42-5-4-6-46(33-42)47-35-51(68-52(77)38-63-36-44-12-19-70(2)53(78)34-44)55(65-37-47)58(80)76-21-13-43(14-22-76)39-72-25-27-73(28-26-72)40-54(79)74-31-29-71(30-32-74)20-15-50(45-7-9-48(61)10-8-45)69-59(81)60(62)16-23-75(24-17-60)57-49-11-18-64-56(49)66-41-67-57/h4-11,18,33,35,37,41,43-44,50,63H,3,12-17,19-32,34,36,38-40,62H2,1-2H3,(H,68,77)(H,69,81)(H,64,66,67)/t44?,50-/m0/s1. The number of hydrogen-bond acceptors (Lipinski definition) is 14. The van der Waals surface area contributed by atoms with Crippen molar-refractivity contribution in [3.63, 3.8) is 0 Å². The molecule has 0 aliphatic carbocycles. The van der Waals surface area contributed by atoms with E-state index < -0.39 is 5.54 Å². The van der Waals surface area contributed by atoms with E-state index in [9.17, 15) is 24.0 Å². The Balaban J connectivity index is 0.648. The summed E-state index contributed by atoms with van der Waals surface area (Å²) in [4.78, 5) is 99.2. The number of piperazine rings is 2. The fourth-order valence-electron chi connectivity index (χ4n) is 12.2. The van der Waals surface area contributed by atoms with E-state index in [0.717, 1.165) is 112 Å². The zero-order valence-electron chi connectivity index (χ0n) is 47.1. The van der Waals surface area contributed by atoms with E-state index in [1.54, 1.807) is 17.4 Å². The van der Waals surface area contributed by atoms with E-state index >= 15 is 0 Å². The molecule has 5 saturated heterocycles. The molecule has 0 bridgehead atoms. The molecule has 0 radical (unpaired) electrons. The molecule has 5 aliphatic rings. The minimum atomic E-state index is -1.02. The summed E-state index contributed by atoms with van der Waals surface area (Å²) in [6, 6.07) is 19.4. The number of aromatic nitrogens is 4. The van der Waals surface area contributed by atoms with E-state index in [-0.39, 0.29) is 53.7 Å². The van der Waals surface area contributed by atoms with Gasteiger partial charge in [-0.25, -0.2) is 15.0 Å². The van der Waals surface area contributed by atoms with Gasteiger partial charge in [-0.2, -0.15) is 0 Å². The van der Waals surface area contributed by atoms with Gasteiger partial charge in [-0.1, -0.05) is 54.9 Å². The average Bonchev–Trinajstić information content (AvgIpc) is 3.98. The molecule has 6 N–H and O–H groups in total. The van der Waals surface area contributed by atoms with Gasteiger partial charge in [0.2, 0.25) is 23.6 Å². The van der Waals surface area contributed by atoms with Gasteiger partial charge in [0.05, 0.1) is 35.7 Å². The van der Waals surface area contributed by atoms with Crippen molar-refractivity contribution in [2.24, 2.45) is 17.6 Å². The van der Waals surface area contributed by atoms with E-state index in [1.165, 1.54) is 5.56 Å². The Morgan fingerprint density at radius 3 is 2.27 bits per heavy atom. The Labute approximate surface area is 480 Å². The number of fused-ring (bicyclic) bond motifs is 1. The molecule has 2 atom stereocenters. The van der Waals surface area contributed by atoms with Gasteiger partial charge in [0.1, 0.15) is 17.8 Å². The van der Waals surface area contributed by atoms with Gasteiger partial charge in [-0.3, -0.25) is 33.8 Å². The summed E-state index contributed by atoms with van der Waals surface area (Å²) in [5.41, 5.74) is 11.2. The molecule has 5 aromatic rings. The van der Waals surface area contributed by atoms with Crippen LogP contribution in [0.3, 0.4) is 0 Å². The quantitative estimate of drug-likeness (QED) is 0.0769. The van der Waals surface area contributed by atoms with Crippen LogP contribution in [-0.4, -0.2) is 209 Å². The maximum Gasteiger partial charge on any atom is 0.274 e. The zero-order chi connectivity index (χ0) is 56.5. The molecule has 0 saturated carbocycles. The van der Waals surface area contributed by atoms with E-state index in [0.29, 0.717) is 101 Å². The van der Waals surface area contributed by atoms with Crippen LogP contribution in [0, 0.1) is 11.8 Å². The highest BCUT2D eigenvalue weighted by Crippen LogP contribution is 2.31. The van der Waals surface area contributed by atoms with Crippen molar-refractivity contribution in [1.82, 2.24) is 60.0 Å². The van der Waals surface area contributed by atoms with Crippen LogP contribution in [0.5, 0.6) is 0 Å². The summed E-state index contributed by atoms with van der Waals surface area (Å²) in [7, 11) is 1.82. The number of aromatic amines is 1. The number of hydrogen-bond donors (Lipinski definition) is 5. The Morgan fingerprint density at radius 1 is 0.802 bits per heavy atom. The van der Waals surface area contributed by atoms with Crippen LogP contribution in [-0.2, 0) is 25.6 Å². The van der Waals surface area contributed by atoms with E-state index in [4.69, 9.17) is 22.3 Å². The van der Waals surface area contributed by atoms with Crippen LogP contribution in [0.1, 0.15) is 79.5 Å². The molecule has 10 rings (SSSR count). The number of anilines is 2. The highest BCUT2D eigenvalue weighted by Gasteiger charge is 2.40. The lowest BCUT2D eigenvalue weighted by Crippen LogP contribution is -2.60. The number of piperidine rings is 3. The summed E-state index contributed by atoms with van der Waals surface area (Å²) < 4.78 is 0. The third-order valence-corrected chi connectivity index (χ3v) is 17.8. The molecule has 432 valence electrons. The largest absolute Gasteiger partial charge is 0.356 e. The first-order valence-electron chi connectivity index (χ1n) is 29.2. The molecule has 5 amide bonds. The van der Waals surface area contributed by atoms with Crippen LogP contribution >= 0.6 is 11.6 Å². The second-order valence-corrected chi connectivity index (χ2v) is 23.4. The molecule has 2 aromatic carbocycles. The molecule has 0 spiro atoms. The van der Waals surface area contributed by atoms with Crippen LogP contribution in [0.2, 0.25) is 5.02 Å². The minimum Gasteiger partial charge on any atom is -0.356 e. The lowest BCUT2D eigenvalue weighted by Gasteiger charge is -2.40. The van der Waals surface area contributed by atoms with Crippen molar-refractivity contribution in [1.29, 1.82) is 0 Å². The topological polar surface area (TPSA) is 225 Å². The van der Waals surface area contributed by atoms with E-state index in [2.05, 4.69) is 69.6 Å². The number of halogens is 1. The predicted octanol–water partition coefficient (Wildman–Crippen LogP) is 4.49. The first kappa shape index (κ1) is 57.7. The number of benzene rings is 2. The second kappa shape index (κ2) is 26.6. The second-order valence-electron chi connectivity index (χ2n) is 23.0. The lowest BCUT2D eigenvalue weighted by molar-refractivity contribution is -0.135. The van der Waals surface area contributed by atoms with Crippen molar-refractivity contribution in [3.8, 4) is 11.1 Å². The van der Waals surface area contributed by atoms with Crippen molar-refractivity contribution in [3.05, 3.63) is 101 Å². The minimum absolute atomic E-state index is 0.0559. The molecule has 8 heterocycles. The smallest absolute Gasteiger partial charge is 0.274 e. The molecule has 81 heavy (non-hydrogen) atoms. The number of H-pyrrole nitrogens is 1. The first-order chi connectivity index (χ1) is 39.3. The Morgan fingerprint density at radius 2 is 1.53 bits per heavy atom. The van der Waals surface area contributed by atoms with Crippen molar-refractivity contribution in [2.75, 3.05) is 135 Å². The fourth-order valence-corrected chi connectivity index (χ4v) is 12.3. The number of nitrogens with two attached hydrogens (primary N) is 1. The number of carbonyl (C=O) groups excluding carboxylic acids is 5. The van der Waals surface area contributed by atoms with Gasteiger partial charge in [0.15, 0.2) is 5.69 Å². The molecule has 1 unspecified atom stereocenters. The molecule has 5 aliphatic heterocycles. The number of nitrogens with zero attached hydrogens (tertiary/aromatic N) is 10. The Kier molecular flexibility index (Phi) is 18.9. The van der Waals surface area contributed by atoms with Crippen LogP contribution in [0.15, 0.2) is 79.4 Å². The maximum absolute atomic E-state index is 14.2. The average molecular weight is 1130 g/mol. The summed E-state index contributed by atoms with van der Waals surface area (Å²) in [6.45, 7) is 14.2. The molecule has 21 heteroatoms. The highest BCUT2D eigenvalue weighted by atomic mass is 35.5. The first-order valence-corrected chi connectivity index (χ1v) is 29.6. The van der Waals surface area contributed by atoms with Gasteiger partial charge >= 0.3 is 0 Å². The van der Waals surface area contributed by atoms with Crippen molar-refractivity contribution in [2.45, 2.75) is 69.9 Å². The fraction of sp³-hybridized carbons (Fsp3) is 0.533. The Hall–Kier alpha value is -6.55. The SMILES string of the molecule is CCc1cccc(-c2cnc(C(=O)N3CCC(CN4CCN(CC(=O)N5CCN(CC[C@H](NC(=O)C6(N)CCN(c7ncnc8[nH]ccc78)CC6)c6ccc(Cl)cc6)CC5)CC4)CC3)c(NC(=O)CNCC3CCN(C)C(=O)C3)c2)c1. The lowest BCUT2D eigenvalue weighted by atomic mass is 9.87. The van der Waals surface area contributed by atoms with Crippen LogP contribution in [0.4, 0.5) is 11.5 Å². The summed E-state index contributed by atoms with van der Waals surface area (Å²) >= 11 is 6.29. The highest BCUT2D eigenvalue weighted by molar-refractivity contribution is 6.30. The molecule has 5 fully saturated rings.